The number of fused-ring (bicyclic) bond motifs is 5. The smallest absolute Gasteiger partial charge is 0.0627 e. The molecule has 0 aromatic rings. The molecule has 0 unspecified atom stereocenters. The van der Waals surface area contributed by atoms with E-state index >= 15 is 0 Å². The first-order valence-electron chi connectivity index (χ1n) is 9.87. The zero-order valence-corrected chi connectivity index (χ0v) is 14.8. The molecule has 23 heavy (non-hydrogen) atoms. The largest absolute Gasteiger partial charge is 0.396 e. The van der Waals surface area contributed by atoms with E-state index in [4.69, 9.17) is 4.74 Å². The van der Waals surface area contributed by atoms with Gasteiger partial charge in [-0.05, 0) is 92.3 Å². The van der Waals surface area contributed by atoms with Crippen LogP contribution in [0.15, 0.2) is 0 Å². The second kappa shape index (κ2) is 5.71. The highest BCUT2D eigenvalue weighted by Gasteiger charge is 2.61. The van der Waals surface area contributed by atoms with Gasteiger partial charge in [-0.25, -0.2) is 0 Å². The van der Waals surface area contributed by atoms with E-state index in [0.29, 0.717) is 30.0 Å². The van der Waals surface area contributed by atoms with Crippen LogP contribution in [0, 0.1) is 34.5 Å². The standard InChI is InChI=1S/C20H34O3/c1-19-9-8-17-15(16(19)5-6-18(19)23-2)4-3-13-11-14(22)7-10-20(13,17)12-21/h13-18,21-22H,3-12H2,1-2H3/t13-,14+,15-,16-,17-,18-,19-,20+/m0/s1. The molecule has 4 aliphatic rings. The van der Waals surface area contributed by atoms with E-state index < -0.39 is 0 Å². The summed E-state index contributed by atoms with van der Waals surface area (Å²) in [6.07, 6.45) is 10.7. The second-order valence-corrected chi connectivity index (χ2v) is 9.32. The number of hydrogen-bond donors (Lipinski definition) is 2. The maximum absolute atomic E-state index is 10.4. The molecule has 132 valence electrons. The van der Waals surface area contributed by atoms with Crippen molar-refractivity contribution in [2.24, 2.45) is 34.5 Å². The first-order chi connectivity index (χ1) is 11.0. The van der Waals surface area contributed by atoms with Crippen LogP contribution < -0.4 is 0 Å². The van der Waals surface area contributed by atoms with Crippen molar-refractivity contribution in [3.8, 4) is 0 Å². The number of aliphatic hydroxyl groups is 2. The van der Waals surface area contributed by atoms with Crippen molar-refractivity contribution in [2.75, 3.05) is 13.7 Å². The predicted octanol–water partition coefficient (Wildman–Crippen LogP) is 3.38. The molecule has 4 fully saturated rings. The molecule has 0 heterocycles. The number of ether oxygens (including phenoxy) is 1. The number of hydrogen-bond acceptors (Lipinski definition) is 3. The van der Waals surface area contributed by atoms with Crippen LogP contribution in [0.25, 0.3) is 0 Å². The fourth-order valence-electron chi connectivity index (χ4n) is 7.68. The van der Waals surface area contributed by atoms with Crippen LogP contribution in [0.1, 0.15) is 64.7 Å². The zero-order valence-electron chi connectivity index (χ0n) is 14.8. The van der Waals surface area contributed by atoms with Crippen molar-refractivity contribution >= 4 is 0 Å². The van der Waals surface area contributed by atoms with Gasteiger partial charge in [-0.3, -0.25) is 0 Å². The summed E-state index contributed by atoms with van der Waals surface area (Å²) in [4.78, 5) is 0. The number of rotatable bonds is 2. The van der Waals surface area contributed by atoms with E-state index in [1.54, 1.807) is 0 Å². The summed E-state index contributed by atoms with van der Waals surface area (Å²) in [6.45, 7) is 2.81. The lowest BCUT2D eigenvalue weighted by atomic mass is 9.44. The Hall–Kier alpha value is -0.120. The van der Waals surface area contributed by atoms with Gasteiger partial charge >= 0.3 is 0 Å². The van der Waals surface area contributed by atoms with Gasteiger partial charge in [-0.15, -0.1) is 0 Å². The van der Waals surface area contributed by atoms with Gasteiger partial charge in [0.25, 0.3) is 0 Å². The summed E-state index contributed by atoms with van der Waals surface area (Å²) in [5.74, 6) is 2.77. The Balaban J connectivity index is 1.63. The molecule has 0 saturated heterocycles. The molecule has 3 nitrogen and oxygen atoms in total. The third-order valence-corrected chi connectivity index (χ3v) is 8.83. The fourth-order valence-corrected chi connectivity index (χ4v) is 7.68. The van der Waals surface area contributed by atoms with E-state index in [1.165, 1.54) is 38.5 Å². The molecule has 2 N–H and O–H groups in total. The van der Waals surface area contributed by atoms with Crippen LogP contribution >= 0.6 is 0 Å². The molecule has 4 aliphatic carbocycles. The molecule has 4 rings (SSSR count). The third-order valence-electron chi connectivity index (χ3n) is 8.83. The van der Waals surface area contributed by atoms with E-state index in [1.807, 2.05) is 7.11 Å². The molecule has 0 aromatic heterocycles. The average Bonchev–Trinajstić information content (AvgIpc) is 2.90. The van der Waals surface area contributed by atoms with Crippen LogP contribution in [0.5, 0.6) is 0 Å². The summed E-state index contributed by atoms with van der Waals surface area (Å²) >= 11 is 0. The van der Waals surface area contributed by atoms with Crippen molar-refractivity contribution in [3.63, 3.8) is 0 Å². The molecule has 0 aromatic carbocycles. The van der Waals surface area contributed by atoms with Crippen LogP contribution in [0.2, 0.25) is 0 Å². The lowest BCUT2D eigenvalue weighted by molar-refractivity contribution is -0.160. The Bertz CT molecular complexity index is 452. The molecule has 0 amide bonds. The highest BCUT2D eigenvalue weighted by atomic mass is 16.5. The second-order valence-electron chi connectivity index (χ2n) is 9.32. The van der Waals surface area contributed by atoms with Gasteiger partial charge in [0.1, 0.15) is 0 Å². The number of aliphatic hydroxyl groups excluding tert-OH is 2. The van der Waals surface area contributed by atoms with E-state index in [0.717, 1.165) is 31.1 Å². The Labute approximate surface area is 140 Å². The zero-order chi connectivity index (χ0) is 16.2. The fraction of sp³-hybridized carbons (Fsp3) is 1.00. The van der Waals surface area contributed by atoms with E-state index in [-0.39, 0.29) is 11.5 Å². The normalized spacial score (nSPS) is 55.8. The topological polar surface area (TPSA) is 49.7 Å². The monoisotopic (exact) mass is 322 g/mol. The Kier molecular flexibility index (Phi) is 4.06. The van der Waals surface area contributed by atoms with Gasteiger partial charge < -0.3 is 14.9 Å². The molecular weight excluding hydrogens is 288 g/mol. The van der Waals surface area contributed by atoms with Crippen LogP contribution in [0.4, 0.5) is 0 Å². The van der Waals surface area contributed by atoms with Crippen molar-refractivity contribution in [1.82, 2.24) is 0 Å². The average molecular weight is 322 g/mol. The Morgan fingerprint density at radius 3 is 2.57 bits per heavy atom. The van der Waals surface area contributed by atoms with Crippen LogP contribution in [0.3, 0.4) is 0 Å². The van der Waals surface area contributed by atoms with Crippen molar-refractivity contribution in [2.45, 2.75) is 76.9 Å². The molecule has 0 radical (unpaired) electrons. The summed E-state index contributed by atoms with van der Waals surface area (Å²) in [5, 5.41) is 20.5. The summed E-state index contributed by atoms with van der Waals surface area (Å²) < 4.78 is 5.85. The van der Waals surface area contributed by atoms with Gasteiger partial charge in [0, 0.05) is 13.7 Å². The van der Waals surface area contributed by atoms with Gasteiger partial charge in [0.05, 0.1) is 12.2 Å². The van der Waals surface area contributed by atoms with Crippen molar-refractivity contribution < 1.29 is 14.9 Å². The molecule has 3 heteroatoms. The SMILES string of the molecule is CO[C@H]1CC[C@H]2[C@@H]3CC[C@H]4C[C@H](O)CC[C@]4(CO)[C@H]3CC[C@]12C. The highest BCUT2D eigenvalue weighted by Crippen LogP contribution is 2.66. The van der Waals surface area contributed by atoms with Gasteiger partial charge in [-0.2, -0.15) is 0 Å². The first-order valence-corrected chi connectivity index (χ1v) is 9.87. The van der Waals surface area contributed by atoms with Crippen molar-refractivity contribution in [3.05, 3.63) is 0 Å². The maximum atomic E-state index is 10.4. The molecule has 8 atom stereocenters. The minimum Gasteiger partial charge on any atom is -0.396 e. The molecule has 4 saturated carbocycles. The van der Waals surface area contributed by atoms with E-state index in [2.05, 4.69) is 6.92 Å². The summed E-state index contributed by atoms with van der Waals surface area (Å²) in [7, 11) is 1.89. The third kappa shape index (κ3) is 2.19. The maximum Gasteiger partial charge on any atom is 0.0627 e. The minimum absolute atomic E-state index is 0.106. The lowest BCUT2D eigenvalue weighted by Gasteiger charge is -2.61. The van der Waals surface area contributed by atoms with Gasteiger partial charge in [0.15, 0.2) is 0 Å². The summed E-state index contributed by atoms with van der Waals surface area (Å²) in [6, 6.07) is 0. The van der Waals surface area contributed by atoms with Gasteiger partial charge in [-0.1, -0.05) is 6.92 Å². The number of methoxy groups -OCH3 is 1. The highest BCUT2D eigenvalue weighted by molar-refractivity contribution is 5.10. The van der Waals surface area contributed by atoms with Crippen LogP contribution in [-0.2, 0) is 4.74 Å². The quantitative estimate of drug-likeness (QED) is 0.819. The lowest BCUT2D eigenvalue weighted by Crippen LogP contribution is -2.57. The first kappa shape index (κ1) is 16.4. The summed E-state index contributed by atoms with van der Waals surface area (Å²) in [5.41, 5.74) is 0.461. The molecule has 0 aliphatic heterocycles. The Morgan fingerprint density at radius 2 is 1.83 bits per heavy atom. The molecule has 0 spiro atoms. The van der Waals surface area contributed by atoms with Gasteiger partial charge in [0.2, 0.25) is 0 Å². The molecule has 0 bridgehead atoms. The molecular formula is C20H34O3. The van der Waals surface area contributed by atoms with Crippen molar-refractivity contribution in [1.29, 1.82) is 0 Å². The van der Waals surface area contributed by atoms with E-state index in [9.17, 15) is 10.2 Å². The Morgan fingerprint density at radius 1 is 1.00 bits per heavy atom. The predicted molar refractivity (Wildman–Crippen MR) is 89.9 cm³/mol. The van der Waals surface area contributed by atoms with Crippen LogP contribution in [-0.4, -0.2) is 36.1 Å². The minimum atomic E-state index is -0.130.